The number of amides is 1. The van der Waals surface area contributed by atoms with Crippen LogP contribution in [-0.4, -0.2) is 52.8 Å². The van der Waals surface area contributed by atoms with Crippen molar-refractivity contribution in [3.63, 3.8) is 0 Å². The zero-order valence-corrected chi connectivity index (χ0v) is 12.6. The highest BCUT2D eigenvalue weighted by atomic mass is 16.1. The van der Waals surface area contributed by atoms with Gasteiger partial charge in [-0.05, 0) is 26.7 Å². The third-order valence-electron chi connectivity index (χ3n) is 4.10. The summed E-state index contributed by atoms with van der Waals surface area (Å²) in [6, 6.07) is 0.260. The SMILES string of the molecule is Cc1nn(C)c(C)c1C(=O)NC1CCN(CCN)CC1. The molecule has 0 atom stereocenters. The third-order valence-corrected chi connectivity index (χ3v) is 4.10. The van der Waals surface area contributed by atoms with E-state index in [1.54, 1.807) is 4.68 Å². The molecule has 2 heterocycles. The van der Waals surface area contributed by atoms with E-state index >= 15 is 0 Å². The highest BCUT2D eigenvalue weighted by molar-refractivity contribution is 5.96. The Morgan fingerprint density at radius 2 is 2.05 bits per heavy atom. The summed E-state index contributed by atoms with van der Waals surface area (Å²) in [5.74, 6) is 0.00498. The Labute approximate surface area is 120 Å². The molecule has 0 spiro atoms. The molecule has 1 saturated heterocycles. The largest absolute Gasteiger partial charge is 0.349 e. The van der Waals surface area contributed by atoms with Crippen molar-refractivity contribution in [3.8, 4) is 0 Å². The molecular weight excluding hydrogens is 254 g/mol. The molecule has 0 aromatic carbocycles. The molecule has 0 saturated carbocycles. The van der Waals surface area contributed by atoms with Gasteiger partial charge >= 0.3 is 0 Å². The number of aromatic nitrogens is 2. The first kappa shape index (κ1) is 15.0. The lowest BCUT2D eigenvalue weighted by molar-refractivity contribution is 0.0910. The number of carbonyl (C=O) groups excluding carboxylic acids is 1. The smallest absolute Gasteiger partial charge is 0.255 e. The van der Waals surface area contributed by atoms with E-state index in [1.165, 1.54) is 0 Å². The van der Waals surface area contributed by atoms with Gasteiger partial charge in [0.2, 0.25) is 0 Å². The molecule has 20 heavy (non-hydrogen) atoms. The average Bonchev–Trinajstić information content (AvgIpc) is 2.66. The Morgan fingerprint density at radius 1 is 1.40 bits per heavy atom. The quantitative estimate of drug-likeness (QED) is 0.825. The number of rotatable bonds is 4. The van der Waals surface area contributed by atoms with Crippen LogP contribution in [0.25, 0.3) is 0 Å². The van der Waals surface area contributed by atoms with Crippen molar-refractivity contribution in [1.82, 2.24) is 20.0 Å². The van der Waals surface area contributed by atoms with Crippen LogP contribution in [0.1, 0.15) is 34.6 Å². The molecule has 1 aromatic heterocycles. The van der Waals surface area contributed by atoms with E-state index in [2.05, 4.69) is 15.3 Å². The Kier molecular flexibility index (Phi) is 4.77. The van der Waals surface area contributed by atoms with Crippen LogP contribution in [0.15, 0.2) is 0 Å². The molecule has 0 bridgehead atoms. The lowest BCUT2D eigenvalue weighted by Crippen LogP contribution is -2.45. The van der Waals surface area contributed by atoms with Gasteiger partial charge in [-0.25, -0.2) is 0 Å². The van der Waals surface area contributed by atoms with Crippen molar-refractivity contribution in [2.24, 2.45) is 12.8 Å². The second kappa shape index (κ2) is 6.37. The van der Waals surface area contributed by atoms with Gasteiger partial charge in [-0.3, -0.25) is 9.48 Å². The molecule has 1 aliphatic rings. The van der Waals surface area contributed by atoms with Crippen LogP contribution >= 0.6 is 0 Å². The molecule has 6 heteroatoms. The number of hydrogen-bond acceptors (Lipinski definition) is 4. The van der Waals surface area contributed by atoms with E-state index in [0.717, 1.165) is 49.4 Å². The minimum atomic E-state index is 0.00498. The van der Waals surface area contributed by atoms with Gasteiger partial charge in [0.1, 0.15) is 0 Å². The number of aryl methyl sites for hydroxylation is 2. The maximum atomic E-state index is 12.4. The molecule has 6 nitrogen and oxygen atoms in total. The van der Waals surface area contributed by atoms with Gasteiger partial charge < -0.3 is 16.0 Å². The van der Waals surface area contributed by atoms with Gasteiger partial charge in [0.05, 0.1) is 11.3 Å². The van der Waals surface area contributed by atoms with E-state index in [9.17, 15) is 4.79 Å². The number of nitrogens with one attached hydrogen (secondary N) is 1. The molecule has 3 N–H and O–H groups in total. The number of nitrogens with zero attached hydrogens (tertiary/aromatic N) is 3. The summed E-state index contributed by atoms with van der Waals surface area (Å²) in [5.41, 5.74) is 8.00. The summed E-state index contributed by atoms with van der Waals surface area (Å²) < 4.78 is 1.76. The molecule has 1 aliphatic heterocycles. The van der Waals surface area contributed by atoms with Crippen molar-refractivity contribution < 1.29 is 4.79 Å². The minimum Gasteiger partial charge on any atom is -0.349 e. The van der Waals surface area contributed by atoms with E-state index in [4.69, 9.17) is 5.73 Å². The molecule has 2 rings (SSSR count). The first-order valence-corrected chi connectivity index (χ1v) is 7.26. The van der Waals surface area contributed by atoms with Crippen molar-refractivity contribution in [2.75, 3.05) is 26.2 Å². The topological polar surface area (TPSA) is 76.2 Å². The summed E-state index contributed by atoms with van der Waals surface area (Å²) in [6.45, 7) is 7.47. The molecular formula is C14H25N5O. The first-order valence-electron chi connectivity index (χ1n) is 7.26. The van der Waals surface area contributed by atoms with Crippen LogP contribution < -0.4 is 11.1 Å². The Hall–Kier alpha value is -1.40. The van der Waals surface area contributed by atoms with Crippen LogP contribution in [0.3, 0.4) is 0 Å². The number of nitrogens with two attached hydrogens (primary N) is 1. The molecule has 1 aromatic rings. The monoisotopic (exact) mass is 279 g/mol. The normalized spacial score (nSPS) is 17.4. The maximum Gasteiger partial charge on any atom is 0.255 e. The van der Waals surface area contributed by atoms with Crippen LogP contribution in [0.2, 0.25) is 0 Å². The highest BCUT2D eigenvalue weighted by Crippen LogP contribution is 2.14. The zero-order valence-electron chi connectivity index (χ0n) is 12.6. The number of likely N-dealkylation sites (tertiary alicyclic amines) is 1. The molecule has 1 amide bonds. The van der Waals surface area contributed by atoms with Gasteiger partial charge in [-0.1, -0.05) is 0 Å². The van der Waals surface area contributed by atoms with Crippen molar-refractivity contribution in [2.45, 2.75) is 32.7 Å². The fraction of sp³-hybridized carbons (Fsp3) is 0.714. The van der Waals surface area contributed by atoms with Gasteiger partial charge in [-0.15, -0.1) is 0 Å². The van der Waals surface area contributed by atoms with E-state index < -0.39 is 0 Å². The predicted molar refractivity (Wildman–Crippen MR) is 78.7 cm³/mol. The van der Waals surface area contributed by atoms with E-state index in [0.29, 0.717) is 6.54 Å². The Morgan fingerprint density at radius 3 is 2.55 bits per heavy atom. The predicted octanol–water partition coefficient (Wildman–Crippen LogP) is 0.190. The number of piperidine rings is 1. The molecule has 0 unspecified atom stereocenters. The fourth-order valence-corrected chi connectivity index (χ4v) is 2.84. The van der Waals surface area contributed by atoms with Crippen molar-refractivity contribution in [3.05, 3.63) is 17.0 Å². The second-order valence-corrected chi connectivity index (χ2v) is 5.55. The Balaban J connectivity index is 1.93. The lowest BCUT2D eigenvalue weighted by atomic mass is 10.0. The zero-order chi connectivity index (χ0) is 14.7. The Bertz CT molecular complexity index is 474. The minimum absolute atomic E-state index is 0.00498. The van der Waals surface area contributed by atoms with Crippen LogP contribution in [0.5, 0.6) is 0 Å². The van der Waals surface area contributed by atoms with Crippen LogP contribution in [-0.2, 0) is 7.05 Å². The van der Waals surface area contributed by atoms with Crippen LogP contribution in [0, 0.1) is 13.8 Å². The van der Waals surface area contributed by atoms with Gasteiger partial charge in [0.15, 0.2) is 0 Å². The van der Waals surface area contributed by atoms with E-state index in [1.807, 2.05) is 20.9 Å². The standard InChI is InChI=1S/C14H25N5O/c1-10-13(11(2)18(3)17-10)14(20)16-12-4-7-19(8-5-12)9-6-15/h12H,4-9,15H2,1-3H3,(H,16,20). The third kappa shape index (κ3) is 3.19. The fourth-order valence-electron chi connectivity index (χ4n) is 2.84. The van der Waals surface area contributed by atoms with Gasteiger partial charge in [0, 0.05) is 45.0 Å². The molecule has 0 aliphatic carbocycles. The summed E-state index contributed by atoms with van der Waals surface area (Å²) in [7, 11) is 1.87. The number of carbonyl (C=O) groups is 1. The van der Waals surface area contributed by atoms with Gasteiger partial charge in [-0.2, -0.15) is 5.10 Å². The van der Waals surface area contributed by atoms with Crippen LogP contribution in [0.4, 0.5) is 0 Å². The summed E-state index contributed by atoms with van der Waals surface area (Å²) in [6.07, 6.45) is 1.98. The van der Waals surface area contributed by atoms with E-state index in [-0.39, 0.29) is 11.9 Å². The van der Waals surface area contributed by atoms with Crippen molar-refractivity contribution in [1.29, 1.82) is 0 Å². The average molecular weight is 279 g/mol. The second-order valence-electron chi connectivity index (χ2n) is 5.55. The molecule has 112 valence electrons. The summed E-state index contributed by atoms with van der Waals surface area (Å²) in [4.78, 5) is 14.7. The van der Waals surface area contributed by atoms with Gasteiger partial charge in [0.25, 0.3) is 5.91 Å². The summed E-state index contributed by atoms with van der Waals surface area (Å²) >= 11 is 0. The first-order chi connectivity index (χ1) is 9.52. The molecule has 1 fully saturated rings. The lowest BCUT2D eigenvalue weighted by Gasteiger charge is -2.32. The summed E-state index contributed by atoms with van der Waals surface area (Å²) in [5, 5.41) is 7.44. The van der Waals surface area contributed by atoms with Crippen molar-refractivity contribution >= 4 is 5.91 Å². The maximum absolute atomic E-state index is 12.4. The molecule has 0 radical (unpaired) electrons. The highest BCUT2D eigenvalue weighted by Gasteiger charge is 2.23. The number of hydrogen-bond donors (Lipinski definition) is 2.